The van der Waals surface area contributed by atoms with E-state index in [9.17, 15) is 19.5 Å². The maximum Gasteiger partial charge on any atom is 0.407 e. The third-order valence-electron chi connectivity index (χ3n) is 4.13. The lowest BCUT2D eigenvalue weighted by Gasteiger charge is -2.32. The van der Waals surface area contributed by atoms with Gasteiger partial charge >= 0.3 is 6.09 Å². The van der Waals surface area contributed by atoms with Gasteiger partial charge in [-0.25, -0.2) is 4.79 Å². The highest BCUT2D eigenvalue weighted by Crippen LogP contribution is 2.24. The van der Waals surface area contributed by atoms with Gasteiger partial charge in [0.2, 0.25) is 11.8 Å². The molecule has 5 N–H and O–H groups in total. The largest absolute Gasteiger partial charge is 0.444 e. The summed E-state index contributed by atoms with van der Waals surface area (Å²) in [4.78, 5) is 35.3. The lowest BCUT2D eigenvalue weighted by Crippen LogP contribution is -2.48. The van der Waals surface area contributed by atoms with Gasteiger partial charge in [-0.3, -0.25) is 9.59 Å². The van der Waals surface area contributed by atoms with Crippen LogP contribution in [0.25, 0.3) is 0 Å². The standard InChI is InChI=1S/C22H43N3O7/c1-14(2)18(19(23)28)25-16(27)9-10-24-20(29)30-13-17(32-22(6,7)8)31-15(12-26)11-21(3,4)5/h14-15,17-18,26H,9-13H2,1-8H3,(H2,23,28)(H,24,29)(H,25,27)/t15?,17?,18-/m0/s1. The molecule has 0 rings (SSSR count). The van der Waals surface area contributed by atoms with E-state index in [1.54, 1.807) is 13.8 Å². The Kier molecular flexibility index (Phi) is 12.8. The molecule has 0 heterocycles. The van der Waals surface area contributed by atoms with Crippen molar-refractivity contribution in [1.29, 1.82) is 0 Å². The normalized spacial score (nSPS) is 15.1. The van der Waals surface area contributed by atoms with Crippen molar-refractivity contribution in [3.8, 4) is 0 Å². The maximum absolute atomic E-state index is 12.0. The number of hydrogen-bond donors (Lipinski definition) is 4. The van der Waals surface area contributed by atoms with Crippen LogP contribution in [0.2, 0.25) is 0 Å². The zero-order valence-corrected chi connectivity index (χ0v) is 20.8. The Labute approximate surface area is 191 Å². The fourth-order valence-corrected chi connectivity index (χ4v) is 2.83. The number of nitrogens with one attached hydrogen (secondary N) is 2. The predicted octanol–water partition coefficient (Wildman–Crippen LogP) is 1.68. The number of carbonyl (C=O) groups is 3. The number of aliphatic hydroxyl groups is 1. The molecule has 2 unspecified atom stereocenters. The number of primary amides is 1. The van der Waals surface area contributed by atoms with Crippen LogP contribution >= 0.6 is 0 Å². The highest BCUT2D eigenvalue weighted by Gasteiger charge is 2.27. The van der Waals surface area contributed by atoms with Crippen LogP contribution in [-0.2, 0) is 23.8 Å². The second-order valence-corrected chi connectivity index (χ2v) is 10.3. The molecule has 0 saturated carbocycles. The Bertz CT molecular complexity index is 597. The fourth-order valence-electron chi connectivity index (χ4n) is 2.83. The first-order valence-corrected chi connectivity index (χ1v) is 11.0. The van der Waals surface area contributed by atoms with E-state index in [0.717, 1.165) is 0 Å². The van der Waals surface area contributed by atoms with Crippen molar-refractivity contribution in [2.45, 2.75) is 92.3 Å². The Morgan fingerprint density at radius 3 is 2.09 bits per heavy atom. The topological polar surface area (TPSA) is 149 Å². The minimum atomic E-state index is -0.870. The van der Waals surface area contributed by atoms with Gasteiger partial charge in [-0.15, -0.1) is 0 Å². The summed E-state index contributed by atoms with van der Waals surface area (Å²) in [7, 11) is 0. The van der Waals surface area contributed by atoms with E-state index in [-0.39, 0.29) is 37.5 Å². The van der Waals surface area contributed by atoms with Gasteiger partial charge in [0.1, 0.15) is 12.6 Å². The van der Waals surface area contributed by atoms with Gasteiger partial charge in [0.05, 0.1) is 18.3 Å². The number of carbonyl (C=O) groups excluding carboxylic acids is 3. The van der Waals surface area contributed by atoms with Crippen molar-refractivity contribution in [2.75, 3.05) is 19.8 Å². The zero-order valence-electron chi connectivity index (χ0n) is 20.8. The van der Waals surface area contributed by atoms with Crippen molar-refractivity contribution in [2.24, 2.45) is 17.1 Å². The molecule has 0 saturated heterocycles. The van der Waals surface area contributed by atoms with Crippen LogP contribution in [0.15, 0.2) is 0 Å². The molecule has 0 spiro atoms. The number of nitrogens with two attached hydrogens (primary N) is 1. The molecule has 0 aromatic carbocycles. The van der Waals surface area contributed by atoms with Gasteiger partial charge in [-0.1, -0.05) is 34.6 Å². The molecule has 3 atom stereocenters. The number of ether oxygens (including phenoxy) is 3. The van der Waals surface area contributed by atoms with Crippen molar-refractivity contribution in [1.82, 2.24) is 10.6 Å². The van der Waals surface area contributed by atoms with Crippen LogP contribution in [-0.4, -0.2) is 66.8 Å². The van der Waals surface area contributed by atoms with Crippen molar-refractivity contribution < 1.29 is 33.7 Å². The van der Waals surface area contributed by atoms with Crippen molar-refractivity contribution in [3.63, 3.8) is 0 Å². The molecule has 0 radical (unpaired) electrons. The number of hydrogen-bond acceptors (Lipinski definition) is 7. The maximum atomic E-state index is 12.0. The summed E-state index contributed by atoms with van der Waals surface area (Å²) in [5.41, 5.74) is 4.64. The van der Waals surface area contributed by atoms with E-state index >= 15 is 0 Å². The number of rotatable bonds is 13. The molecular formula is C22H43N3O7. The monoisotopic (exact) mass is 461 g/mol. The first kappa shape index (κ1) is 30.1. The van der Waals surface area contributed by atoms with Crippen molar-refractivity contribution >= 4 is 17.9 Å². The number of aliphatic hydroxyl groups excluding tert-OH is 1. The van der Waals surface area contributed by atoms with Gasteiger partial charge in [0, 0.05) is 13.0 Å². The minimum Gasteiger partial charge on any atom is -0.444 e. The van der Waals surface area contributed by atoms with E-state index in [1.807, 2.05) is 41.5 Å². The highest BCUT2D eigenvalue weighted by molar-refractivity contribution is 5.86. The van der Waals surface area contributed by atoms with E-state index in [4.69, 9.17) is 19.9 Å². The first-order chi connectivity index (χ1) is 14.5. The van der Waals surface area contributed by atoms with E-state index in [1.165, 1.54) is 0 Å². The quantitative estimate of drug-likeness (QED) is 0.305. The van der Waals surface area contributed by atoms with Crippen LogP contribution in [0.5, 0.6) is 0 Å². The Hall–Kier alpha value is -1.91. The summed E-state index contributed by atoms with van der Waals surface area (Å²) in [5, 5.41) is 14.7. The zero-order chi connectivity index (χ0) is 25.1. The van der Waals surface area contributed by atoms with Crippen LogP contribution in [0.3, 0.4) is 0 Å². The summed E-state index contributed by atoms with van der Waals surface area (Å²) in [6.45, 7) is 14.8. The molecule has 10 nitrogen and oxygen atoms in total. The van der Waals surface area contributed by atoms with Gasteiger partial charge in [-0.05, 0) is 38.5 Å². The average molecular weight is 462 g/mol. The van der Waals surface area contributed by atoms with Gasteiger partial charge in [-0.2, -0.15) is 0 Å². The summed E-state index contributed by atoms with van der Waals surface area (Å²) in [5.74, 6) is -1.17. The molecule has 0 aromatic rings. The number of alkyl carbamates (subject to hydrolysis) is 1. The highest BCUT2D eigenvalue weighted by atomic mass is 16.7. The predicted molar refractivity (Wildman–Crippen MR) is 121 cm³/mol. The molecular weight excluding hydrogens is 418 g/mol. The second kappa shape index (κ2) is 13.6. The Morgan fingerprint density at radius 2 is 1.66 bits per heavy atom. The first-order valence-electron chi connectivity index (χ1n) is 11.0. The smallest absolute Gasteiger partial charge is 0.407 e. The molecule has 10 heteroatoms. The fraction of sp³-hybridized carbons (Fsp3) is 0.864. The Balaban J connectivity index is 4.63. The van der Waals surface area contributed by atoms with Crippen LogP contribution in [0.1, 0.15) is 68.2 Å². The lowest BCUT2D eigenvalue weighted by molar-refractivity contribution is -0.236. The summed E-state index contributed by atoms with van der Waals surface area (Å²) < 4.78 is 16.8. The van der Waals surface area contributed by atoms with E-state index < -0.39 is 41.9 Å². The van der Waals surface area contributed by atoms with Gasteiger partial charge in [0.15, 0.2) is 6.29 Å². The van der Waals surface area contributed by atoms with Crippen molar-refractivity contribution in [3.05, 3.63) is 0 Å². The average Bonchev–Trinajstić information content (AvgIpc) is 2.60. The molecule has 0 aliphatic carbocycles. The summed E-state index contributed by atoms with van der Waals surface area (Å²) >= 11 is 0. The SMILES string of the molecule is CC(C)[C@H](NC(=O)CCNC(=O)OCC(OC(CO)CC(C)(C)C)OC(C)(C)C)C(N)=O. The molecule has 3 amide bonds. The van der Waals surface area contributed by atoms with Crippen LogP contribution < -0.4 is 16.4 Å². The molecule has 0 bridgehead atoms. The molecule has 0 aliphatic heterocycles. The molecule has 32 heavy (non-hydrogen) atoms. The molecule has 0 aliphatic rings. The summed E-state index contributed by atoms with van der Waals surface area (Å²) in [6, 6.07) is -0.769. The molecule has 0 fully saturated rings. The van der Waals surface area contributed by atoms with Gasteiger partial charge in [0.25, 0.3) is 0 Å². The lowest BCUT2D eigenvalue weighted by atomic mass is 9.89. The second-order valence-electron chi connectivity index (χ2n) is 10.3. The van der Waals surface area contributed by atoms with Gasteiger partial charge < -0.3 is 35.7 Å². The van der Waals surface area contributed by atoms with Crippen LogP contribution in [0.4, 0.5) is 4.79 Å². The summed E-state index contributed by atoms with van der Waals surface area (Å²) in [6.07, 6.45) is -1.53. The Morgan fingerprint density at radius 1 is 1.06 bits per heavy atom. The number of amides is 3. The molecule has 188 valence electrons. The minimum absolute atomic E-state index is 0.0170. The third-order valence-corrected chi connectivity index (χ3v) is 4.13. The van der Waals surface area contributed by atoms with E-state index in [0.29, 0.717) is 6.42 Å². The van der Waals surface area contributed by atoms with E-state index in [2.05, 4.69) is 10.6 Å². The third kappa shape index (κ3) is 15.0. The molecule has 0 aromatic heterocycles. The van der Waals surface area contributed by atoms with Crippen LogP contribution in [0, 0.1) is 11.3 Å².